The van der Waals surface area contributed by atoms with Crippen LogP contribution in [0.5, 0.6) is 0 Å². The Bertz CT molecular complexity index is 419. The van der Waals surface area contributed by atoms with E-state index in [0.717, 1.165) is 12.5 Å². The van der Waals surface area contributed by atoms with Gasteiger partial charge in [0.1, 0.15) is 0 Å². The van der Waals surface area contributed by atoms with Gasteiger partial charge in [-0.25, -0.2) is 0 Å². The second-order valence-corrected chi connectivity index (χ2v) is 6.17. The zero-order chi connectivity index (χ0) is 13.3. The molecule has 0 spiro atoms. The van der Waals surface area contributed by atoms with Crippen LogP contribution < -0.4 is 11.1 Å². The van der Waals surface area contributed by atoms with E-state index in [1.807, 2.05) is 0 Å². The van der Waals surface area contributed by atoms with Crippen LogP contribution in [-0.4, -0.2) is 36.6 Å². The predicted molar refractivity (Wildman–Crippen MR) is 78.9 cm³/mol. The molecule has 0 aromatic heterocycles. The fraction of sp³-hybridized carbons (Fsp3) is 0.625. The summed E-state index contributed by atoms with van der Waals surface area (Å²) in [5.41, 5.74) is 7.67. The molecule has 2 saturated heterocycles. The number of rotatable bonds is 4. The lowest BCUT2D eigenvalue weighted by Gasteiger charge is -2.45. The Morgan fingerprint density at radius 1 is 1.37 bits per heavy atom. The number of benzene rings is 1. The molecule has 1 aromatic rings. The Kier molecular flexibility index (Phi) is 3.61. The first-order valence-corrected chi connectivity index (χ1v) is 7.48. The van der Waals surface area contributed by atoms with Crippen molar-refractivity contribution in [2.45, 2.75) is 31.3 Å². The molecule has 2 bridgehead atoms. The molecule has 2 aliphatic rings. The highest BCUT2D eigenvalue weighted by atomic mass is 15.2. The largest absolute Gasteiger partial charge is 0.329 e. The summed E-state index contributed by atoms with van der Waals surface area (Å²) in [6.07, 6.45) is 2.48. The summed E-state index contributed by atoms with van der Waals surface area (Å²) in [6.45, 7) is 6.69. The van der Waals surface area contributed by atoms with Gasteiger partial charge in [-0.1, -0.05) is 30.3 Å². The third kappa shape index (κ3) is 2.42. The van der Waals surface area contributed by atoms with E-state index < -0.39 is 0 Å². The van der Waals surface area contributed by atoms with Gasteiger partial charge in [0.25, 0.3) is 0 Å². The van der Waals surface area contributed by atoms with Crippen molar-refractivity contribution in [2.24, 2.45) is 11.7 Å². The van der Waals surface area contributed by atoms with Gasteiger partial charge in [-0.15, -0.1) is 0 Å². The van der Waals surface area contributed by atoms with E-state index in [4.69, 9.17) is 5.73 Å². The Labute approximate surface area is 116 Å². The number of nitrogens with two attached hydrogens (primary N) is 1. The zero-order valence-electron chi connectivity index (χ0n) is 11.8. The molecule has 4 atom stereocenters. The van der Waals surface area contributed by atoms with Gasteiger partial charge in [0.2, 0.25) is 0 Å². The number of nitrogens with one attached hydrogen (secondary N) is 1. The minimum atomic E-state index is 0.141. The van der Waals surface area contributed by atoms with Crippen LogP contribution in [0.1, 0.15) is 31.4 Å². The van der Waals surface area contributed by atoms with Crippen molar-refractivity contribution in [3.05, 3.63) is 35.9 Å². The van der Waals surface area contributed by atoms with Gasteiger partial charge >= 0.3 is 0 Å². The quantitative estimate of drug-likeness (QED) is 0.866. The number of hydrogen-bond acceptors (Lipinski definition) is 3. The highest BCUT2D eigenvalue weighted by molar-refractivity contribution is 5.19. The molecule has 2 heterocycles. The Balaban J connectivity index is 1.76. The molecule has 1 aromatic carbocycles. The summed E-state index contributed by atoms with van der Waals surface area (Å²) in [5, 5.41) is 3.87. The van der Waals surface area contributed by atoms with Crippen molar-refractivity contribution in [1.82, 2.24) is 10.2 Å². The van der Waals surface area contributed by atoms with Gasteiger partial charge in [0.15, 0.2) is 0 Å². The first-order chi connectivity index (χ1) is 9.23. The average Bonchev–Trinajstić information content (AvgIpc) is 2.88. The fourth-order valence-corrected chi connectivity index (χ4v) is 3.82. The van der Waals surface area contributed by atoms with Gasteiger partial charge in [-0.05, 0) is 44.3 Å². The van der Waals surface area contributed by atoms with E-state index in [9.17, 15) is 0 Å². The molecule has 0 radical (unpaired) electrons. The average molecular weight is 259 g/mol. The van der Waals surface area contributed by atoms with Crippen LogP contribution in [0.2, 0.25) is 0 Å². The number of nitrogens with zero attached hydrogens (tertiary/aromatic N) is 1. The second kappa shape index (κ2) is 5.23. The lowest BCUT2D eigenvalue weighted by atomic mass is 9.78. The third-order valence-corrected chi connectivity index (χ3v) is 5.10. The molecule has 3 rings (SSSR count). The Hall–Kier alpha value is -0.900. The van der Waals surface area contributed by atoms with Crippen LogP contribution in [0.25, 0.3) is 0 Å². The molecule has 104 valence electrons. The van der Waals surface area contributed by atoms with Crippen LogP contribution in [-0.2, 0) is 0 Å². The van der Waals surface area contributed by atoms with Gasteiger partial charge in [0.05, 0.1) is 0 Å². The van der Waals surface area contributed by atoms with Crippen LogP contribution >= 0.6 is 0 Å². The van der Waals surface area contributed by atoms with Gasteiger partial charge in [-0.2, -0.15) is 0 Å². The predicted octanol–water partition coefficient (Wildman–Crippen LogP) is 1.76. The molecule has 0 amide bonds. The molecule has 0 saturated carbocycles. The normalized spacial score (nSPS) is 35.3. The smallest absolute Gasteiger partial charge is 0.0362 e. The highest BCUT2D eigenvalue weighted by Gasteiger charge is 2.45. The van der Waals surface area contributed by atoms with Gasteiger partial charge in [0, 0.05) is 24.7 Å². The van der Waals surface area contributed by atoms with Crippen LogP contribution in [0, 0.1) is 5.92 Å². The standard InChI is InChI=1S/C16H25N3/c1-13(14-5-3-2-4-6-14)18-16(12-17)8-10-19-9-7-15(16)11-19/h2-6,13,15,18H,7-12,17H2,1H3. The van der Waals surface area contributed by atoms with Crippen molar-refractivity contribution < 1.29 is 0 Å². The molecule has 2 fully saturated rings. The Morgan fingerprint density at radius 2 is 2.16 bits per heavy atom. The SMILES string of the molecule is CC(NC1(CN)CCN2CCC1C2)c1ccccc1. The molecule has 3 nitrogen and oxygen atoms in total. The number of hydrogen-bond donors (Lipinski definition) is 2. The monoisotopic (exact) mass is 259 g/mol. The topological polar surface area (TPSA) is 41.3 Å². The molecule has 3 heteroatoms. The maximum atomic E-state index is 6.17. The summed E-state index contributed by atoms with van der Waals surface area (Å²) >= 11 is 0. The molecule has 3 N–H and O–H groups in total. The second-order valence-electron chi connectivity index (χ2n) is 6.17. The molecule has 2 aliphatic heterocycles. The molecule has 4 unspecified atom stereocenters. The van der Waals surface area contributed by atoms with Crippen LogP contribution in [0.4, 0.5) is 0 Å². The maximum Gasteiger partial charge on any atom is 0.0362 e. The first kappa shape index (κ1) is 13.1. The highest BCUT2D eigenvalue weighted by Crippen LogP contribution is 2.36. The summed E-state index contributed by atoms with van der Waals surface area (Å²) in [6, 6.07) is 11.1. The van der Waals surface area contributed by atoms with Crippen molar-refractivity contribution in [1.29, 1.82) is 0 Å². The summed E-state index contributed by atoms with van der Waals surface area (Å²) in [5.74, 6) is 0.720. The van der Waals surface area contributed by atoms with E-state index in [1.165, 1.54) is 38.0 Å². The van der Waals surface area contributed by atoms with Crippen molar-refractivity contribution >= 4 is 0 Å². The lowest BCUT2D eigenvalue weighted by molar-refractivity contribution is 0.125. The van der Waals surface area contributed by atoms with E-state index in [1.54, 1.807) is 0 Å². The van der Waals surface area contributed by atoms with Crippen LogP contribution in [0.3, 0.4) is 0 Å². The number of fused-ring (bicyclic) bond motifs is 2. The van der Waals surface area contributed by atoms with E-state index >= 15 is 0 Å². The maximum absolute atomic E-state index is 6.17. The molecule has 0 aliphatic carbocycles. The molecule has 19 heavy (non-hydrogen) atoms. The summed E-state index contributed by atoms with van der Waals surface area (Å²) in [4.78, 5) is 2.58. The lowest BCUT2D eigenvalue weighted by Crippen LogP contribution is -2.61. The van der Waals surface area contributed by atoms with Crippen molar-refractivity contribution in [2.75, 3.05) is 26.2 Å². The van der Waals surface area contributed by atoms with E-state index in [-0.39, 0.29) is 5.54 Å². The van der Waals surface area contributed by atoms with E-state index in [2.05, 4.69) is 47.5 Å². The van der Waals surface area contributed by atoms with Crippen molar-refractivity contribution in [3.8, 4) is 0 Å². The Morgan fingerprint density at radius 3 is 2.89 bits per heavy atom. The first-order valence-electron chi connectivity index (χ1n) is 7.48. The summed E-state index contributed by atoms with van der Waals surface area (Å²) in [7, 11) is 0. The zero-order valence-corrected chi connectivity index (χ0v) is 11.8. The molecular formula is C16H25N3. The van der Waals surface area contributed by atoms with Gasteiger partial charge < -0.3 is 16.0 Å². The third-order valence-electron chi connectivity index (χ3n) is 5.10. The minimum absolute atomic E-state index is 0.141. The molecular weight excluding hydrogens is 234 g/mol. The number of piperidine rings is 1. The van der Waals surface area contributed by atoms with Crippen LogP contribution in [0.15, 0.2) is 30.3 Å². The minimum Gasteiger partial charge on any atom is -0.329 e. The van der Waals surface area contributed by atoms with Gasteiger partial charge in [-0.3, -0.25) is 0 Å². The van der Waals surface area contributed by atoms with Crippen molar-refractivity contribution in [3.63, 3.8) is 0 Å². The fourth-order valence-electron chi connectivity index (χ4n) is 3.82. The van der Waals surface area contributed by atoms with E-state index in [0.29, 0.717) is 6.04 Å². The summed E-state index contributed by atoms with van der Waals surface area (Å²) < 4.78 is 0.